The minimum atomic E-state index is -0.604. The van der Waals surface area contributed by atoms with Gasteiger partial charge in [-0.1, -0.05) is 48.0 Å². The number of hydrogen-bond acceptors (Lipinski definition) is 2. The normalized spacial score (nSPS) is 10.2. The van der Waals surface area contributed by atoms with Gasteiger partial charge in [-0.2, -0.15) is 0 Å². The number of nitrogens with one attached hydrogen (secondary N) is 1. The van der Waals surface area contributed by atoms with Crippen LogP contribution in [0.3, 0.4) is 0 Å². The van der Waals surface area contributed by atoms with Crippen molar-refractivity contribution in [3.05, 3.63) is 70.5 Å². The van der Waals surface area contributed by atoms with Gasteiger partial charge in [-0.3, -0.25) is 0 Å². The molecule has 0 heterocycles. The van der Waals surface area contributed by atoms with Crippen LogP contribution in [0.5, 0.6) is 5.75 Å². The first-order valence-corrected chi connectivity index (χ1v) is 7.07. The van der Waals surface area contributed by atoms with E-state index in [9.17, 15) is 4.39 Å². The van der Waals surface area contributed by atoms with E-state index >= 15 is 0 Å². The summed E-state index contributed by atoms with van der Waals surface area (Å²) in [5, 5.41) is 3.14. The van der Waals surface area contributed by atoms with Crippen molar-refractivity contribution in [2.75, 3.05) is 11.9 Å². The van der Waals surface area contributed by atoms with Crippen LogP contribution in [0.25, 0.3) is 0 Å². The van der Waals surface area contributed by atoms with E-state index in [2.05, 4.69) is 11.9 Å². The maximum absolute atomic E-state index is 13.3. The average molecular weight is 326 g/mol. The maximum Gasteiger partial charge on any atom is 0.160 e. The molecule has 0 aromatic heterocycles. The van der Waals surface area contributed by atoms with Gasteiger partial charge in [0.05, 0.1) is 10.0 Å². The summed E-state index contributed by atoms with van der Waals surface area (Å²) in [6.45, 7) is 4.64. The number of benzene rings is 2. The van der Waals surface area contributed by atoms with Crippen LogP contribution in [-0.2, 0) is 6.54 Å². The third-order valence-electron chi connectivity index (χ3n) is 2.77. The van der Waals surface area contributed by atoms with Gasteiger partial charge >= 0.3 is 0 Å². The Labute approximate surface area is 133 Å². The molecule has 0 amide bonds. The van der Waals surface area contributed by atoms with Crippen molar-refractivity contribution in [3.8, 4) is 5.75 Å². The highest BCUT2D eigenvalue weighted by Crippen LogP contribution is 2.27. The standard InChI is InChI=1S/C16H14Cl2FNO/c1-2-7-21-13-5-3-11(4-6-13)10-20-12-8-14(17)16(19)15(18)9-12/h2-6,8-9,20H,1,7,10H2. The Balaban J connectivity index is 1.98. The summed E-state index contributed by atoms with van der Waals surface area (Å²) < 4.78 is 18.7. The van der Waals surface area contributed by atoms with Crippen molar-refractivity contribution in [2.45, 2.75) is 6.54 Å². The largest absolute Gasteiger partial charge is 0.490 e. The van der Waals surface area contributed by atoms with Crippen LogP contribution in [-0.4, -0.2) is 6.61 Å². The Morgan fingerprint density at radius 2 is 1.76 bits per heavy atom. The zero-order valence-corrected chi connectivity index (χ0v) is 12.7. The van der Waals surface area contributed by atoms with Gasteiger partial charge < -0.3 is 10.1 Å². The number of ether oxygens (including phenoxy) is 1. The van der Waals surface area contributed by atoms with Gasteiger partial charge in [-0.05, 0) is 29.8 Å². The van der Waals surface area contributed by atoms with Crippen molar-refractivity contribution in [2.24, 2.45) is 0 Å². The summed E-state index contributed by atoms with van der Waals surface area (Å²) in [5.74, 6) is 0.180. The molecular formula is C16H14Cl2FNO. The Morgan fingerprint density at radius 1 is 1.14 bits per heavy atom. The maximum atomic E-state index is 13.3. The molecule has 0 radical (unpaired) electrons. The molecule has 21 heavy (non-hydrogen) atoms. The number of hydrogen-bond donors (Lipinski definition) is 1. The number of halogens is 3. The van der Waals surface area contributed by atoms with Crippen molar-refractivity contribution in [3.63, 3.8) is 0 Å². The van der Waals surface area contributed by atoms with Crippen molar-refractivity contribution in [1.29, 1.82) is 0 Å². The van der Waals surface area contributed by atoms with E-state index < -0.39 is 5.82 Å². The van der Waals surface area contributed by atoms with E-state index in [0.29, 0.717) is 18.8 Å². The molecule has 2 nitrogen and oxygen atoms in total. The highest BCUT2D eigenvalue weighted by atomic mass is 35.5. The molecule has 2 rings (SSSR count). The first-order valence-electron chi connectivity index (χ1n) is 6.31. The minimum absolute atomic E-state index is 0.00169. The van der Waals surface area contributed by atoms with Crippen LogP contribution >= 0.6 is 23.2 Å². The van der Waals surface area contributed by atoms with Crippen LogP contribution in [0.15, 0.2) is 49.1 Å². The molecule has 0 aliphatic carbocycles. The molecule has 0 aliphatic rings. The lowest BCUT2D eigenvalue weighted by Gasteiger charge is -2.09. The van der Waals surface area contributed by atoms with Gasteiger partial charge in [0.25, 0.3) is 0 Å². The summed E-state index contributed by atoms with van der Waals surface area (Å²) in [7, 11) is 0. The Morgan fingerprint density at radius 3 is 2.33 bits per heavy atom. The monoisotopic (exact) mass is 325 g/mol. The van der Waals surface area contributed by atoms with Crippen molar-refractivity contribution >= 4 is 28.9 Å². The van der Waals surface area contributed by atoms with Gasteiger partial charge in [0, 0.05) is 12.2 Å². The lowest BCUT2D eigenvalue weighted by Crippen LogP contribution is -2.00. The van der Waals surface area contributed by atoms with Crippen LogP contribution in [0.2, 0.25) is 10.0 Å². The molecule has 0 saturated carbocycles. The third-order valence-corrected chi connectivity index (χ3v) is 3.32. The fourth-order valence-corrected chi connectivity index (χ4v) is 2.21. The topological polar surface area (TPSA) is 21.3 Å². The van der Waals surface area contributed by atoms with Crippen molar-refractivity contribution in [1.82, 2.24) is 0 Å². The molecule has 0 saturated heterocycles. The quantitative estimate of drug-likeness (QED) is 0.574. The average Bonchev–Trinajstić information content (AvgIpc) is 2.49. The van der Waals surface area contributed by atoms with E-state index in [1.54, 1.807) is 6.08 Å². The van der Waals surface area contributed by atoms with Crippen LogP contribution in [0.4, 0.5) is 10.1 Å². The number of anilines is 1. The van der Waals surface area contributed by atoms with E-state index in [1.165, 1.54) is 12.1 Å². The molecule has 0 bridgehead atoms. The summed E-state index contributed by atoms with van der Waals surface area (Å²) in [6, 6.07) is 10.7. The zero-order valence-electron chi connectivity index (χ0n) is 11.2. The predicted octanol–water partition coefficient (Wildman–Crippen LogP) is 5.31. The summed E-state index contributed by atoms with van der Waals surface area (Å²) in [6.07, 6.45) is 1.69. The van der Waals surface area contributed by atoms with Crippen molar-refractivity contribution < 1.29 is 9.13 Å². The molecule has 0 atom stereocenters. The fourth-order valence-electron chi connectivity index (χ4n) is 1.72. The lowest BCUT2D eigenvalue weighted by atomic mass is 10.2. The number of rotatable bonds is 6. The highest BCUT2D eigenvalue weighted by Gasteiger charge is 2.07. The summed E-state index contributed by atoms with van der Waals surface area (Å²) >= 11 is 11.5. The smallest absolute Gasteiger partial charge is 0.160 e. The fraction of sp³-hybridized carbons (Fsp3) is 0.125. The van der Waals surface area contributed by atoms with Crippen LogP contribution in [0, 0.1) is 5.82 Å². The summed E-state index contributed by atoms with van der Waals surface area (Å²) in [4.78, 5) is 0. The van der Waals surface area contributed by atoms with Crippen LogP contribution < -0.4 is 10.1 Å². The second-order valence-electron chi connectivity index (χ2n) is 4.35. The highest BCUT2D eigenvalue weighted by molar-refractivity contribution is 6.35. The molecule has 0 fully saturated rings. The predicted molar refractivity (Wildman–Crippen MR) is 85.9 cm³/mol. The Bertz CT molecular complexity index is 606. The van der Waals surface area contributed by atoms with E-state index in [1.807, 2.05) is 24.3 Å². The van der Waals surface area contributed by atoms with Gasteiger partial charge in [-0.15, -0.1) is 0 Å². The molecule has 5 heteroatoms. The first kappa shape index (κ1) is 15.7. The molecule has 0 unspecified atom stereocenters. The zero-order chi connectivity index (χ0) is 15.2. The molecule has 0 aliphatic heterocycles. The second-order valence-corrected chi connectivity index (χ2v) is 5.17. The third kappa shape index (κ3) is 4.38. The molecule has 2 aromatic rings. The molecule has 1 N–H and O–H groups in total. The second kappa shape index (κ2) is 7.34. The first-order chi connectivity index (χ1) is 10.1. The molecular weight excluding hydrogens is 312 g/mol. The molecule has 0 spiro atoms. The van der Waals surface area contributed by atoms with Gasteiger partial charge in [0.1, 0.15) is 12.4 Å². The summed E-state index contributed by atoms with van der Waals surface area (Å²) in [5.41, 5.74) is 1.72. The van der Waals surface area contributed by atoms with Crippen LogP contribution in [0.1, 0.15) is 5.56 Å². The Kier molecular flexibility index (Phi) is 5.48. The van der Waals surface area contributed by atoms with Gasteiger partial charge in [0.2, 0.25) is 0 Å². The Hall–Kier alpha value is -1.71. The van der Waals surface area contributed by atoms with E-state index in [-0.39, 0.29) is 10.0 Å². The lowest BCUT2D eigenvalue weighted by molar-refractivity contribution is 0.363. The van der Waals surface area contributed by atoms with Gasteiger partial charge in [-0.25, -0.2) is 4.39 Å². The SMILES string of the molecule is C=CCOc1ccc(CNc2cc(Cl)c(F)c(Cl)c2)cc1. The molecule has 2 aromatic carbocycles. The minimum Gasteiger partial charge on any atom is -0.490 e. The molecule has 110 valence electrons. The van der Waals surface area contributed by atoms with E-state index in [0.717, 1.165) is 11.3 Å². The van der Waals surface area contributed by atoms with Gasteiger partial charge in [0.15, 0.2) is 5.82 Å². The van der Waals surface area contributed by atoms with E-state index in [4.69, 9.17) is 27.9 Å².